The van der Waals surface area contributed by atoms with Crippen LogP contribution in [0, 0.1) is 5.82 Å². The van der Waals surface area contributed by atoms with E-state index in [0.717, 1.165) is 48.1 Å². The number of fused-ring (bicyclic) bond motifs is 3. The van der Waals surface area contributed by atoms with Crippen molar-refractivity contribution >= 4 is 31.1 Å². The van der Waals surface area contributed by atoms with Crippen molar-refractivity contribution in [1.29, 1.82) is 0 Å². The van der Waals surface area contributed by atoms with Crippen molar-refractivity contribution < 1.29 is 18.7 Å². The predicted molar refractivity (Wildman–Crippen MR) is 122 cm³/mol. The van der Waals surface area contributed by atoms with Crippen LogP contribution in [0.15, 0.2) is 30.3 Å². The normalized spacial score (nSPS) is 20.3. The van der Waals surface area contributed by atoms with E-state index in [1.165, 1.54) is 0 Å². The highest BCUT2D eigenvalue weighted by atomic mass is 35.5. The van der Waals surface area contributed by atoms with Crippen LogP contribution in [0.2, 0.25) is 5.02 Å². The van der Waals surface area contributed by atoms with Crippen LogP contribution in [0.1, 0.15) is 67.1 Å². The Morgan fingerprint density at radius 1 is 1.17 bits per heavy atom. The molecule has 0 fully saturated rings. The van der Waals surface area contributed by atoms with Crippen molar-refractivity contribution in [2.45, 2.75) is 63.9 Å². The third-order valence-electron chi connectivity index (χ3n) is 5.92. The first-order valence-corrected chi connectivity index (χ1v) is 10.5. The minimum atomic E-state index is -0.540. The molecule has 1 atom stereocenters. The third kappa shape index (κ3) is 4.33. The van der Waals surface area contributed by atoms with Gasteiger partial charge in [0.2, 0.25) is 0 Å². The quantitative estimate of drug-likeness (QED) is 0.489. The van der Waals surface area contributed by atoms with E-state index in [9.17, 15) is 9.18 Å². The van der Waals surface area contributed by atoms with Crippen LogP contribution >= 0.6 is 25.1 Å². The first-order chi connectivity index (χ1) is 13.7. The van der Waals surface area contributed by atoms with Gasteiger partial charge in [-0.15, -0.1) is 0 Å². The molecule has 0 N–H and O–H groups in total. The number of aryl methyl sites for hydroxylation is 1. The van der Waals surface area contributed by atoms with Crippen molar-refractivity contribution in [1.82, 2.24) is 0 Å². The van der Waals surface area contributed by atoms with Crippen LogP contribution in [0.25, 0.3) is 0 Å². The molecule has 1 spiro atoms. The predicted octanol–water partition coefficient (Wildman–Crippen LogP) is 6.15. The van der Waals surface area contributed by atoms with Crippen molar-refractivity contribution in [3.05, 3.63) is 63.4 Å². The highest BCUT2D eigenvalue weighted by Crippen LogP contribution is 2.45. The summed E-state index contributed by atoms with van der Waals surface area (Å²) in [6.45, 7) is 6.06. The molecule has 0 saturated heterocycles. The molecule has 3 nitrogen and oxygen atoms in total. The highest BCUT2D eigenvalue weighted by Gasteiger charge is 2.40. The molecule has 30 heavy (non-hydrogen) atoms. The topological polar surface area (TPSA) is 35.5 Å². The van der Waals surface area contributed by atoms with Gasteiger partial charge in [-0.3, -0.25) is 0 Å². The third-order valence-corrected chi connectivity index (χ3v) is 6.21. The monoisotopic (exact) mass is 450 g/mol. The summed E-state index contributed by atoms with van der Waals surface area (Å²) in [5.41, 5.74) is 2.50. The lowest BCUT2D eigenvalue weighted by molar-refractivity contribution is 0.00694. The lowest BCUT2D eigenvalue weighted by Gasteiger charge is -2.38. The van der Waals surface area contributed by atoms with E-state index in [0.29, 0.717) is 18.6 Å². The second kappa shape index (κ2) is 8.43. The maximum atomic E-state index is 14.6. The first-order valence-electron chi connectivity index (χ1n) is 10.1. The zero-order valence-corrected chi connectivity index (χ0v) is 19.4. The summed E-state index contributed by atoms with van der Waals surface area (Å²) in [5.74, 6) is 0.159. The Balaban J connectivity index is 0.00000256. The number of carbonyl (C=O) groups excluding carboxylic acids is 1. The van der Waals surface area contributed by atoms with Gasteiger partial charge in [-0.25, -0.2) is 9.18 Å². The second-order valence-corrected chi connectivity index (χ2v) is 9.54. The average Bonchev–Trinajstić information content (AvgIpc) is 2.84. The van der Waals surface area contributed by atoms with Crippen molar-refractivity contribution in [2.75, 3.05) is 6.61 Å². The molecule has 0 bridgehead atoms. The van der Waals surface area contributed by atoms with Gasteiger partial charge in [0.25, 0.3) is 0 Å². The van der Waals surface area contributed by atoms with E-state index < -0.39 is 5.60 Å². The van der Waals surface area contributed by atoms with E-state index in [1.54, 1.807) is 12.1 Å². The van der Waals surface area contributed by atoms with Gasteiger partial charge in [0.05, 0.1) is 17.2 Å². The van der Waals surface area contributed by atoms with E-state index >= 15 is 0 Å². The summed E-state index contributed by atoms with van der Waals surface area (Å²) < 4.78 is 26.3. The molecule has 2 aliphatic rings. The van der Waals surface area contributed by atoms with Gasteiger partial charge in [-0.2, -0.15) is 13.5 Å². The molecule has 0 radical (unpaired) electrons. The van der Waals surface area contributed by atoms with Crippen molar-refractivity contribution in [3.8, 4) is 5.75 Å². The zero-order valence-electron chi connectivity index (χ0n) is 17.6. The number of halogens is 2. The maximum Gasteiger partial charge on any atom is 0.338 e. The highest BCUT2D eigenvalue weighted by molar-refractivity contribution is 7.59. The summed E-state index contributed by atoms with van der Waals surface area (Å²) in [6.07, 6.45) is 4.17. The van der Waals surface area contributed by atoms with Gasteiger partial charge in [0.15, 0.2) is 0 Å². The minimum absolute atomic E-state index is 0. The molecule has 0 unspecified atom stereocenters. The molecule has 4 rings (SSSR count). The number of rotatable bonds is 1. The number of benzene rings is 2. The largest absolute Gasteiger partial charge is 0.492 e. The Morgan fingerprint density at radius 3 is 2.67 bits per heavy atom. The van der Waals surface area contributed by atoms with Crippen LogP contribution in [0.5, 0.6) is 5.75 Å². The summed E-state index contributed by atoms with van der Waals surface area (Å²) in [5, 5.41) is 0.181. The number of hydrogen-bond donors (Lipinski definition) is 0. The summed E-state index contributed by atoms with van der Waals surface area (Å²) in [6, 6.07) is 9.08. The molecule has 0 amide bonds. The molecule has 6 heteroatoms. The summed E-state index contributed by atoms with van der Waals surface area (Å²) in [4.78, 5) is 12.4. The number of hydrogen-bond acceptors (Lipinski definition) is 3. The Labute approximate surface area is 189 Å². The van der Waals surface area contributed by atoms with Gasteiger partial charge >= 0.3 is 5.97 Å². The second-order valence-electron chi connectivity index (χ2n) is 9.13. The summed E-state index contributed by atoms with van der Waals surface area (Å²) >= 11 is 6.02. The maximum absolute atomic E-state index is 14.6. The molecule has 1 aliphatic heterocycles. The standard InChI is InChI=1S/C24H26ClFO3.H2S/c1-23(2,3)29-22(27)16-6-9-20-15(13-16)10-12-24(14-28-20)11-4-5-17-18(24)7-8-19(25)21(17)26;/h6-9,13H,4-5,10-12,14H2,1-3H3;1H2/t24-;/m0./s1. The Kier molecular flexibility index (Phi) is 6.45. The lowest BCUT2D eigenvalue weighted by Crippen LogP contribution is -2.37. The average molecular weight is 451 g/mol. The van der Waals surface area contributed by atoms with E-state index in [4.69, 9.17) is 21.1 Å². The van der Waals surface area contributed by atoms with Crippen LogP contribution in [0.4, 0.5) is 4.39 Å². The molecule has 2 aromatic carbocycles. The van der Waals surface area contributed by atoms with E-state index in [2.05, 4.69) is 0 Å². The molecular formula is C24H28ClFO3S. The fraction of sp³-hybridized carbons (Fsp3) is 0.458. The van der Waals surface area contributed by atoms with Gasteiger partial charge in [0.1, 0.15) is 17.2 Å². The lowest BCUT2D eigenvalue weighted by atomic mass is 9.67. The zero-order chi connectivity index (χ0) is 20.8. The van der Waals surface area contributed by atoms with Crippen LogP contribution in [0.3, 0.4) is 0 Å². The number of carbonyl (C=O) groups is 1. The molecule has 162 valence electrons. The van der Waals surface area contributed by atoms with Gasteiger partial charge in [-0.1, -0.05) is 17.7 Å². The first kappa shape index (κ1) is 23.0. The molecular weight excluding hydrogens is 423 g/mol. The van der Waals surface area contributed by atoms with Crippen LogP contribution in [-0.4, -0.2) is 18.2 Å². The number of esters is 1. The molecule has 1 aliphatic carbocycles. The SMILES string of the molecule is CC(C)(C)OC(=O)c1ccc2c(c1)CC[C@@]1(CCCc3c1ccc(Cl)c3F)CO2.S. The van der Waals surface area contributed by atoms with E-state index in [-0.39, 0.29) is 35.7 Å². The summed E-state index contributed by atoms with van der Waals surface area (Å²) in [7, 11) is 0. The van der Waals surface area contributed by atoms with Crippen LogP contribution in [-0.2, 0) is 23.0 Å². The van der Waals surface area contributed by atoms with Gasteiger partial charge in [-0.05, 0) is 93.8 Å². The Morgan fingerprint density at radius 2 is 1.93 bits per heavy atom. The Bertz CT molecular complexity index is 970. The van der Waals surface area contributed by atoms with Gasteiger partial charge in [0, 0.05) is 5.41 Å². The fourth-order valence-electron chi connectivity index (χ4n) is 4.52. The smallest absolute Gasteiger partial charge is 0.338 e. The molecule has 0 saturated carbocycles. The molecule has 1 heterocycles. The minimum Gasteiger partial charge on any atom is -0.492 e. The van der Waals surface area contributed by atoms with Gasteiger partial charge < -0.3 is 9.47 Å². The molecule has 0 aromatic heterocycles. The number of ether oxygens (including phenoxy) is 2. The van der Waals surface area contributed by atoms with Crippen molar-refractivity contribution in [3.63, 3.8) is 0 Å². The van der Waals surface area contributed by atoms with E-state index in [1.807, 2.05) is 39.0 Å². The van der Waals surface area contributed by atoms with Crippen LogP contribution < -0.4 is 4.74 Å². The van der Waals surface area contributed by atoms with Crippen molar-refractivity contribution in [2.24, 2.45) is 0 Å². The Hall–Kier alpha value is -1.72. The fourth-order valence-corrected chi connectivity index (χ4v) is 4.70. The molecule has 2 aromatic rings.